The van der Waals surface area contributed by atoms with Gasteiger partial charge in [0.2, 0.25) is 0 Å². The first-order chi connectivity index (χ1) is 8.47. The SMILES string of the molecule is O=C(O)C1(c2cccc3c2S(=O)(=O)CC3)CCC1. The summed E-state index contributed by atoms with van der Waals surface area (Å²) in [4.78, 5) is 11.8. The van der Waals surface area contributed by atoms with E-state index in [1.807, 2.05) is 0 Å². The lowest BCUT2D eigenvalue weighted by atomic mass is 9.64. The van der Waals surface area contributed by atoms with Crippen molar-refractivity contribution in [2.75, 3.05) is 5.75 Å². The lowest BCUT2D eigenvalue weighted by Gasteiger charge is -2.39. The molecule has 4 nitrogen and oxygen atoms in total. The molecule has 1 aliphatic carbocycles. The lowest BCUT2D eigenvalue weighted by molar-refractivity contribution is -0.147. The van der Waals surface area contributed by atoms with Gasteiger partial charge in [-0.3, -0.25) is 4.79 Å². The smallest absolute Gasteiger partial charge is 0.314 e. The Bertz CT molecular complexity index is 626. The third-order valence-electron chi connectivity index (χ3n) is 4.18. The molecule has 1 heterocycles. The summed E-state index contributed by atoms with van der Waals surface area (Å²) in [5.41, 5.74) is 0.319. The number of rotatable bonds is 2. The van der Waals surface area contributed by atoms with Crippen molar-refractivity contribution in [3.05, 3.63) is 29.3 Å². The highest BCUT2D eigenvalue weighted by Gasteiger charge is 2.49. The summed E-state index contributed by atoms with van der Waals surface area (Å²) in [7, 11) is -3.29. The van der Waals surface area contributed by atoms with Gasteiger partial charge >= 0.3 is 5.97 Å². The van der Waals surface area contributed by atoms with E-state index in [-0.39, 0.29) is 5.75 Å². The highest BCUT2D eigenvalue weighted by molar-refractivity contribution is 7.91. The first-order valence-electron chi connectivity index (χ1n) is 6.06. The van der Waals surface area contributed by atoms with Crippen molar-refractivity contribution in [2.24, 2.45) is 0 Å². The molecule has 1 aromatic carbocycles. The van der Waals surface area contributed by atoms with E-state index in [1.54, 1.807) is 18.2 Å². The van der Waals surface area contributed by atoms with Crippen LogP contribution >= 0.6 is 0 Å². The summed E-state index contributed by atoms with van der Waals surface area (Å²) in [6.07, 6.45) is 2.42. The fourth-order valence-corrected chi connectivity index (χ4v) is 4.86. The van der Waals surface area contributed by atoms with Crippen LogP contribution in [0, 0.1) is 0 Å². The second kappa shape index (κ2) is 3.57. The van der Waals surface area contributed by atoms with E-state index in [4.69, 9.17) is 0 Å². The molecular weight excluding hydrogens is 252 g/mol. The molecular formula is C13H14O4S. The lowest BCUT2D eigenvalue weighted by Crippen LogP contribution is -2.43. The Morgan fingerprint density at radius 2 is 2.00 bits per heavy atom. The molecule has 0 radical (unpaired) electrons. The fraction of sp³-hybridized carbons (Fsp3) is 0.462. The Labute approximate surface area is 106 Å². The highest BCUT2D eigenvalue weighted by atomic mass is 32.2. The molecule has 1 aliphatic heterocycles. The normalized spacial score (nSPS) is 23.1. The number of aryl methyl sites for hydroxylation is 1. The van der Waals surface area contributed by atoms with Crippen LogP contribution in [0.4, 0.5) is 0 Å². The number of carboxylic acid groups (broad SMARTS) is 1. The van der Waals surface area contributed by atoms with E-state index in [0.717, 1.165) is 12.0 Å². The van der Waals surface area contributed by atoms with Crippen molar-refractivity contribution in [3.63, 3.8) is 0 Å². The Morgan fingerprint density at radius 1 is 1.28 bits per heavy atom. The number of aliphatic carboxylic acids is 1. The number of carboxylic acids is 1. The summed E-state index contributed by atoms with van der Waals surface area (Å²) in [5, 5.41) is 9.44. The van der Waals surface area contributed by atoms with Gasteiger partial charge in [0.05, 0.1) is 16.1 Å². The molecule has 0 atom stereocenters. The zero-order valence-corrected chi connectivity index (χ0v) is 10.7. The molecule has 0 aromatic heterocycles. The van der Waals surface area contributed by atoms with Crippen LogP contribution < -0.4 is 0 Å². The Morgan fingerprint density at radius 3 is 2.56 bits per heavy atom. The van der Waals surface area contributed by atoms with Gasteiger partial charge in [0, 0.05) is 0 Å². The molecule has 0 unspecified atom stereocenters. The standard InChI is InChI=1S/C13H14O4S/c14-12(15)13(6-2-7-13)10-4-1-3-9-5-8-18(16,17)11(9)10/h1,3-4H,2,5-8H2,(H,14,15). The Balaban J connectivity index is 2.27. The second-order valence-electron chi connectivity index (χ2n) is 5.10. The van der Waals surface area contributed by atoms with Gasteiger partial charge < -0.3 is 5.11 Å². The minimum Gasteiger partial charge on any atom is -0.481 e. The van der Waals surface area contributed by atoms with Gasteiger partial charge in [0.15, 0.2) is 9.84 Å². The van der Waals surface area contributed by atoms with Crippen LogP contribution in [0.2, 0.25) is 0 Å². The van der Waals surface area contributed by atoms with Crippen LogP contribution in [-0.2, 0) is 26.5 Å². The number of hydrogen-bond donors (Lipinski definition) is 1. The molecule has 5 heteroatoms. The molecule has 0 saturated heterocycles. The summed E-state index contributed by atoms with van der Waals surface area (Å²) < 4.78 is 24.2. The summed E-state index contributed by atoms with van der Waals surface area (Å²) in [6.45, 7) is 0. The van der Waals surface area contributed by atoms with E-state index in [2.05, 4.69) is 0 Å². The van der Waals surface area contributed by atoms with Crippen molar-refractivity contribution in [1.82, 2.24) is 0 Å². The highest BCUT2D eigenvalue weighted by Crippen LogP contribution is 2.48. The number of carbonyl (C=O) groups is 1. The molecule has 0 amide bonds. The van der Waals surface area contributed by atoms with Gasteiger partial charge in [0.25, 0.3) is 0 Å². The maximum atomic E-state index is 12.1. The maximum Gasteiger partial charge on any atom is 0.314 e. The maximum absolute atomic E-state index is 12.1. The summed E-state index contributed by atoms with van der Waals surface area (Å²) >= 11 is 0. The fourth-order valence-electron chi connectivity index (χ4n) is 3.00. The molecule has 1 N–H and O–H groups in total. The van der Waals surface area contributed by atoms with Crippen molar-refractivity contribution in [2.45, 2.75) is 36.0 Å². The molecule has 0 spiro atoms. The van der Waals surface area contributed by atoms with Crippen molar-refractivity contribution in [1.29, 1.82) is 0 Å². The molecule has 96 valence electrons. The third-order valence-corrected chi connectivity index (χ3v) is 6.03. The number of hydrogen-bond acceptors (Lipinski definition) is 3. The van der Waals surface area contributed by atoms with Crippen molar-refractivity contribution >= 4 is 15.8 Å². The van der Waals surface area contributed by atoms with E-state index >= 15 is 0 Å². The van der Waals surface area contributed by atoms with Gasteiger partial charge in [0.1, 0.15) is 0 Å². The number of benzene rings is 1. The van der Waals surface area contributed by atoms with E-state index in [9.17, 15) is 18.3 Å². The molecule has 3 rings (SSSR count). The zero-order valence-electron chi connectivity index (χ0n) is 9.85. The Hall–Kier alpha value is -1.36. The quantitative estimate of drug-likeness (QED) is 0.881. The van der Waals surface area contributed by atoms with Gasteiger partial charge in [-0.2, -0.15) is 0 Å². The summed E-state index contributed by atoms with van der Waals surface area (Å²) in [6, 6.07) is 5.24. The molecule has 18 heavy (non-hydrogen) atoms. The predicted octanol–water partition coefficient (Wildman–Crippen LogP) is 1.52. The second-order valence-corrected chi connectivity index (χ2v) is 7.15. The van der Waals surface area contributed by atoms with Gasteiger partial charge in [-0.25, -0.2) is 8.42 Å². The van der Waals surface area contributed by atoms with Crippen LogP contribution in [-0.4, -0.2) is 25.2 Å². The van der Waals surface area contributed by atoms with Crippen LogP contribution in [0.15, 0.2) is 23.1 Å². The Kier molecular flexibility index (Phi) is 2.32. The molecule has 1 fully saturated rings. The average Bonchev–Trinajstić information content (AvgIpc) is 2.54. The minimum atomic E-state index is -3.29. The molecule has 0 bridgehead atoms. The number of sulfone groups is 1. The first kappa shape index (κ1) is 11.7. The topological polar surface area (TPSA) is 71.4 Å². The molecule has 1 aromatic rings. The van der Waals surface area contributed by atoms with E-state index in [1.165, 1.54) is 0 Å². The largest absolute Gasteiger partial charge is 0.481 e. The van der Waals surface area contributed by atoms with E-state index in [0.29, 0.717) is 29.7 Å². The van der Waals surface area contributed by atoms with E-state index < -0.39 is 21.2 Å². The average molecular weight is 266 g/mol. The zero-order chi connectivity index (χ0) is 13.0. The van der Waals surface area contributed by atoms with Crippen LogP contribution in [0.3, 0.4) is 0 Å². The predicted molar refractivity (Wildman–Crippen MR) is 65.4 cm³/mol. The van der Waals surface area contributed by atoms with Crippen LogP contribution in [0.25, 0.3) is 0 Å². The van der Waals surface area contributed by atoms with Crippen molar-refractivity contribution < 1.29 is 18.3 Å². The van der Waals surface area contributed by atoms with Gasteiger partial charge in [-0.05, 0) is 30.4 Å². The number of fused-ring (bicyclic) bond motifs is 1. The molecule has 1 saturated carbocycles. The van der Waals surface area contributed by atoms with Gasteiger partial charge in [-0.15, -0.1) is 0 Å². The summed E-state index contributed by atoms with van der Waals surface area (Å²) in [5.74, 6) is -0.793. The first-order valence-corrected chi connectivity index (χ1v) is 7.71. The van der Waals surface area contributed by atoms with Crippen LogP contribution in [0.5, 0.6) is 0 Å². The minimum absolute atomic E-state index is 0.106. The molecule has 2 aliphatic rings. The monoisotopic (exact) mass is 266 g/mol. The van der Waals surface area contributed by atoms with Crippen molar-refractivity contribution in [3.8, 4) is 0 Å². The van der Waals surface area contributed by atoms with Gasteiger partial charge in [-0.1, -0.05) is 24.6 Å². The van der Waals surface area contributed by atoms with Crippen LogP contribution in [0.1, 0.15) is 30.4 Å². The third kappa shape index (κ3) is 1.37.